The largest absolute Gasteiger partial charge is 0.380 e. The molecule has 0 radical (unpaired) electrons. The van der Waals surface area contributed by atoms with Gasteiger partial charge in [0.15, 0.2) is 0 Å². The van der Waals surface area contributed by atoms with Crippen molar-refractivity contribution in [2.75, 3.05) is 45.9 Å². The third-order valence-electron chi connectivity index (χ3n) is 4.20. The summed E-state index contributed by atoms with van der Waals surface area (Å²) in [5, 5.41) is 2.90. The van der Waals surface area contributed by atoms with Gasteiger partial charge in [-0.25, -0.2) is 4.79 Å². The number of hydrogen-bond acceptors (Lipinski definition) is 3. The third kappa shape index (κ3) is 4.63. The molecule has 5 nitrogen and oxygen atoms in total. The zero-order chi connectivity index (χ0) is 14.4. The third-order valence-corrected chi connectivity index (χ3v) is 4.20. The molecule has 0 aromatic rings. The van der Waals surface area contributed by atoms with Crippen LogP contribution in [0.1, 0.15) is 33.1 Å². The van der Waals surface area contributed by atoms with Crippen LogP contribution >= 0.6 is 0 Å². The van der Waals surface area contributed by atoms with E-state index in [4.69, 9.17) is 4.74 Å². The molecule has 0 bridgehead atoms. The van der Waals surface area contributed by atoms with Crippen LogP contribution in [0.4, 0.5) is 4.79 Å². The molecule has 0 spiro atoms. The topological polar surface area (TPSA) is 44.8 Å². The summed E-state index contributed by atoms with van der Waals surface area (Å²) >= 11 is 0. The Morgan fingerprint density at radius 3 is 2.90 bits per heavy atom. The maximum absolute atomic E-state index is 11.7. The van der Waals surface area contributed by atoms with Gasteiger partial charge in [-0.15, -0.1) is 0 Å². The van der Waals surface area contributed by atoms with Crippen LogP contribution in [0, 0.1) is 5.92 Å². The molecule has 1 N–H and O–H groups in total. The van der Waals surface area contributed by atoms with Crippen molar-refractivity contribution in [3.8, 4) is 0 Å². The van der Waals surface area contributed by atoms with Crippen molar-refractivity contribution in [3.05, 3.63) is 0 Å². The first-order valence-corrected chi connectivity index (χ1v) is 8.01. The van der Waals surface area contributed by atoms with Gasteiger partial charge in [0, 0.05) is 38.8 Å². The quantitative estimate of drug-likeness (QED) is 0.721. The number of rotatable bonds is 7. The molecule has 20 heavy (non-hydrogen) atoms. The minimum atomic E-state index is 0.116. The second-order valence-electron chi connectivity index (χ2n) is 6.32. The smallest absolute Gasteiger partial charge is 0.317 e. The molecule has 2 heterocycles. The predicted octanol–water partition coefficient (Wildman–Crippen LogP) is 1.54. The fourth-order valence-corrected chi connectivity index (χ4v) is 2.94. The van der Waals surface area contributed by atoms with Gasteiger partial charge in [-0.3, -0.25) is 4.90 Å². The summed E-state index contributed by atoms with van der Waals surface area (Å²) in [6.07, 6.45) is 3.45. The zero-order valence-electron chi connectivity index (χ0n) is 12.9. The van der Waals surface area contributed by atoms with Gasteiger partial charge in [-0.1, -0.05) is 13.8 Å². The molecule has 2 aliphatic rings. The number of carbonyl (C=O) groups excluding carboxylic acids is 1. The molecule has 1 atom stereocenters. The van der Waals surface area contributed by atoms with Crippen LogP contribution in [-0.2, 0) is 4.74 Å². The highest BCUT2D eigenvalue weighted by Gasteiger charge is 2.30. The van der Waals surface area contributed by atoms with Gasteiger partial charge >= 0.3 is 6.03 Å². The van der Waals surface area contributed by atoms with Crippen molar-refractivity contribution in [2.45, 2.75) is 39.2 Å². The molecule has 116 valence electrons. The molecule has 2 rings (SSSR count). The number of amides is 2. The highest BCUT2D eigenvalue weighted by molar-refractivity contribution is 5.76. The molecule has 2 fully saturated rings. The summed E-state index contributed by atoms with van der Waals surface area (Å²) in [6, 6.07) is 0.506. The molecule has 2 aliphatic heterocycles. The van der Waals surface area contributed by atoms with E-state index in [1.807, 2.05) is 4.90 Å². The van der Waals surface area contributed by atoms with Crippen molar-refractivity contribution >= 4 is 6.03 Å². The average molecular weight is 283 g/mol. The monoisotopic (exact) mass is 283 g/mol. The lowest BCUT2D eigenvalue weighted by Crippen LogP contribution is -2.49. The number of hydrogen-bond donors (Lipinski definition) is 1. The van der Waals surface area contributed by atoms with Gasteiger partial charge < -0.3 is 15.0 Å². The van der Waals surface area contributed by atoms with Crippen molar-refractivity contribution in [1.82, 2.24) is 15.1 Å². The Hall–Kier alpha value is -0.810. The van der Waals surface area contributed by atoms with Crippen LogP contribution in [0.25, 0.3) is 0 Å². The lowest BCUT2D eigenvalue weighted by atomic mass is 10.0. The van der Waals surface area contributed by atoms with Crippen LogP contribution in [0.3, 0.4) is 0 Å². The van der Waals surface area contributed by atoms with Crippen molar-refractivity contribution < 1.29 is 9.53 Å². The first-order valence-electron chi connectivity index (χ1n) is 8.01. The lowest BCUT2D eigenvalue weighted by molar-refractivity contribution is 0.0713. The molecule has 0 aliphatic carbocycles. The minimum absolute atomic E-state index is 0.116. The van der Waals surface area contributed by atoms with Crippen LogP contribution in [0.2, 0.25) is 0 Å². The highest BCUT2D eigenvalue weighted by atomic mass is 16.5. The Kier molecular flexibility index (Phi) is 6.10. The van der Waals surface area contributed by atoms with Gasteiger partial charge in [0.25, 0.3) is 0 Å². The van der Waals surface area contributed by atoms with Crippen LogP contribution in [0.15, 0.2) is 0 Å². The maximum Gasteiger partial charge on any atom is 0.317 e. The van der Waals surface area contributed by atoms with Gasteiger partial charge in [0.2, 0.25) is 0 Å². The molecular formula is C15H29N3O2. The Morgan fingerprint density at radius 1 is 1.35 bits per heavy atom. The summed E-state index contributed by atoms with van der Waals surface area (Å²) < 4.78 is 5.69. The average Bonchev–Trinajstić information content (AvgIpc) is 2.85. The SMILES string of the molecule is CC(C)CCOCCN1CCC[C@H](N2CCNC2=O)C1. The summed E-state index contributed by atoms with van der Waals surface area (Å²) in [4.78, 5) is 16.2. The van der Waals surface area contributed by atoms with Gasteiger partial charge in [-0.2, -0.15) is 0 Å². The number of urea groups is 1. The standard InChI is InChI=1S/C15H29N3O2/c1-13(2)5-10-20-11-9-17-7-3-4-14(12-17)18-8-6-16-15(18)19/h13-14H,3-12H2,1-2H3,(H,16,19)/t14-/m0/s1. The number of piperidine rings is 1. The molecular weight excluding hydrogens is 254 g/mol. The van der Waals surface area contributed by atoms with E-state index in [2.05, 4.69) is 24.1 Å². The Labute approximate surface area is 122 Å². The predicted molar refractivity (Wildman–Crippen MR) is 79.8 cm³/mol. The Balaban J connectivity index is 1.64. The first kappa shape index (κ1) is 15.6. The van der Waals surface area contributed by atoms with E-state index in [0.717, 1.165) is 58.8 Å². The van der Waals surface area contributed by atoms with E-state index < -0.39 is 0 Å². The number of likely N-dealkylation sites (tertiary alicyclic amines) is 1. The van der Waals surface area contributed by atoms with Crippen molar-refractivity contribution in [2.24, 2.45) is 5.92 Å². The second-order valence-corrected chi connectivity index (χ2v) is 6.32. The van der Waals surface area contributed by atoms with Gasteiger partial charge in [0.05, 0.1) is 6.61 Å². The normalized spacial score (nSPS) is 24.4. The summed E-state index contributed by atoms with van der Waals surface area (Å²) in [5.41, 5.74) is 0. The molecule has 0 saturated carbocycles. The molecule has 2 saturated heterocycles. The minimum Gasteiger partial charge on any atom is -0.380 e. The summed E-state index contributed by atoms with van der Waals surface area (Å²) in [7, 11) is 0. The molecule has 0 aromatic heterocycles. The van der Waals surface area contributed by atoms with Gasteiger partial charge in [0.1, 0.15) is 0 Å². The Bertz CT molecular complexity index is 309. The van der Waals surface area contributed by atoms with E-state index in [1.54, 1.807) is 0 Å². The molecule has 0 unspecified atom stereocenters. The van der Waals surface area contributed by atoms with E-state index in [-0.39, 0.29) is 6.03 Å². The fourth-order valence-electron chi connectivity index (χ4n) is 2.94. The highest BCUT2D eigenvalue weighted by Crippen LogP contribution is 2.17. The maximum atomic E-state index is 11.7. The summed E-state index contributed by atoms with van der Waals surface area (Å²) in [5.74, 6) is 0.711. The second kappa shape index (κ2) is 7.84. The van der Waals surface area contributed by atoms with E-state index >= 15 is 0 Å². The molecule has 2 amide bonds. The number of nitrogens with zero attached hydrogens (tertiary/aromatic N) is 2. The first-order chi connectivity index (χ1) is 9.66. The molecule has 5 heteroatoms. The molecule has 0 aromatic carbocycles. The van der Waals surface area contributed by atoms with E-state index in [9.17, 15) is 4.79 Å². The van der Waals surface area contributed by atoms with Crippen LogP contribution < -0.4 is 5.32 Å². The zero-order valence-corrected chi connectivity index (χ0v) is 12.9. The number of ether oxygens (including phenoxy) is 1. The summed E-state index contributed by atoms with van der Waals surface area (Å²) in [6.45, 7) is 10.9. The number of nitrogens with one attached hydrogen (secondary N) is 1. The lowest BCUT2D eigenvalue weighted by Gasteiger charge is -2.36. The van der Waals surface area contributed by atoms with E-state index in [1.165, 1.54) is 6.42 Å². The van der Waals surface area contributed by atoms with Crippen LogP contribution in [0.5, 0.6) is 0 Å². The fraction of sp³-hybridized carbons (Fsp3) is 0.933. The van der Waals surface area contributed by atoms with Crippen LogP contribution in [-0.4, -0.2) is 67.8 Å². The van der Waals surface area contributed by atoms with Gasteiger partial charge in [-0.05, 0) is 31.7 Å². The Morgan fingerprint density at radius 2 is 2.20 bits per heavy atom. The van der Waals surface area contributed by atoms with E-state index in [0.29, 0.717) is 12.0 Å². The number of carbonyl (C=O) groups is 1. The van der Waals surface area contributed by atoms with Crippen molar-refractivity contribution in [3.63, 3.8) is 0 Å². The van der Waals surface area contributed by atoms with Crippen molar-refractivity contribution in [1.29, 1.82) is 0 Å².